The van der Waals surface area contributed by atoms with E-state index in [4.69, 9.17) is 0 Å². The van der Waals surface area contributed by atoms with Gasteiger partial charge in [-0.25, -0.2) is 18.1 Å². The van der Waals surface area contributed by atoms with Crippen LogP contribution in [0.2, 0.25) is 0 Å². The Morgan fingerprint density at radius 1 is 1.30 bits per heavy atom. The smallest absolute Gasteiger partial charge is 0.211 e. The molecule has 0 saturated carbocycles. The molecule has 0 saturated heterocycles. The first kappa shape index (κ1) is 15.0. The van der Waals surface area contributed by atoms with E-state index in [-0.39, 0.29) is 5.75 Å². The summed E-state index contributed by atoms with van der Waals surface area (Å²) in [5, 5.41) is 0. The molecular weight excluding hydrogens is 274 g/mol. The minimum absolute atomic E-state index is 0.218. The van der Waals surface area contributed by atoms with Crippen LogP contribution in [-0.4, -0.2) is 30.1 Å². The highest BCUT2D eigenvalue weighted by molar-refractivity contribution is 7.89. The molecule has 0 aliphatic carbocycles. The van der Waals surface area contributed by atoms with E-state index in [1.165, 1.54) is 0 Å². The molecule has 2 aromatic rings. The molecule has 5 nitrogen and oxygen atoms in total. The number of unbranched alkanes of at least 4 members (excludes halogenated alkanes) is 1. The third-order valence-electron chi connectivity index (χ3n) is 3.18. The largest absolute Gasteiger partial charge is 0.304 e. The van der Waals surface area contributed by atoms with Crippen molar-refractivity contribution in [3.63, 3.8) is 0 Å². The normalized spacial score (nSPS) is 12.1. The van der Waals surface area contributed by atoms with Crippen molar-refractivity contribution in [3.8, 4) is 0 Å². The zero-order valence-electron chi connectivity index (χ0n) is 11.7. The topological polar surface area (TPSA) is 63.5 Å². The number of nitrogens with one attached hydrogen (secondary N) is 1. The fourth-order valence-corrected chi connectivity index (χ4v) is 3.33. The molecule has 0 unspecified atom stereocenters. The SMILES string of the molecule is CCCCS(=O)(=O)NCCCc1ncc2ccccn12. The Labute approximate surface area is 120 Å². The van der Waals surface area contributed by atoms with E-state index in [0.717, 1.165) is 30.6 Å². The molecule has 2 aromatic heterocycles. The van der Waals surface area contributed by atoms with Crippen LogP contribution in [0.25, 0.3) is 5.52 Å². The molecule has 0 amide bonds. The molecular formula is C14H21N3O2S. The molecule has 110 valence electrons. The minimum Gasteiger partial charge on any atom is -0.304 e. The Morgan fingerprint density at radius 2 is 2.15 bits per heavy atom. The third-order valence-corrected chi connectivity index (χ3v) is 4.65. The molecule has 6 heteroatoms. The predicted octanol–water partition coefficient (Wildman–Crippen LogP) is 1.99. The van der Waals surface area contributed by atoms with Gasteiger partial charge in [-0.3, -0.25) is 0 Å². The molecule has 0 aliphatic rings. The quantitative estimate of drug-likeness (QED) is 0.757. The van der Waals surface area contributed by atoms with Gasteiger partial charge in [0.2, 0.25) is 10.0 Å². The first-order valence-corrected chi connectivity index (χ1v) is 8.66. The third kappa shape index (κ3) is 4.05. The lowest BCUT2D eigenvalue weighted by Crippen LogP contribution is -2.27. The van der Waals surface area contributed by atoms with Crippen LogP contribution < -0.4 is 4.72 Å². The molecule has 0 fully saturated rings. The predicted molar refractivity (Wildman–Crippen MR) is 80.2 cm³/mol. The summed E-state index contributed by atoms with van der Waals surface area (Å²) < 4.78 is 27.9. The van der Waals surface area contributed by atoms with Gasteiger partial charge in [0.15, 0.2) is 0 Å². The van der Waals surface area contributed by atoms with Gasteiger partial charge in [0.05, 0.1) is 17.5 Å². The molecule has 0 aromatic carbocycles. The number of imidazole rings is 1. The number of sulfonamides is 1. The number of fused-ring (bicyclic) bond motifs is 1. The Hall–Kier alpha value is -1.40. The van der Waals surface area contributed by atoms with E-state index in [9.17, 15) is 8.42 Å². The second-order valence-corrected chi connectivity index (χ2v) is 6.77. The summed E-state index contributed by atoms with van der Waals surface area (Å²) in [5.41, 5.74) is 1.06. The van der Waals surface area contributed by atoms with Crippen LogP contribution in [-0.2, 0) is 16.4 Å². The van der Waals surface area contributed by atoms with E-state index in [0.29, 0.717) is 13.0 Å². The monoisotopic (exact) mass is 295 g/mol. The highest BCUT2D eigenvalue weighted by Crippen LogP contribution is 2.07. The van der Waals surface area contributed by atoms with Gasteiger partial charge >= 0.3 is 0 Å². The van der Waals surface area contributed by atoms with Crippen molar-refractivity contribution in [1.29, 1.82) is 0 Å². The summed E-state index contributed by atoms with van der Waals surface area (Å²) in [4.78, 5) is 4.36. The standard InChI is InChI=1S/C14H21N3O2S/c1-2-3-11-20(18,19)16-9-6-8-14-15-12-13-7-4-5-10-17(13)14/h4-5,7,10,12,16H,2-3,6,8-9,11H2,1H3. The molecule has 0 bridgehead atoms. The Kier molecular flexibility index (Phi) is 5.14. The van der Waals surface area contributed by atoms with E-state index in [2.05, 4.69) is 9.71 Å². The van der Waals surface area contributed by atoms with Crippen molar-refractivity contribution in [1.82, 2.24) is 14.1 Å². The van der Waals surface area contributed by atoms with Crippen LogP contribution in [0.3, 0.4) is 0 Å². The Balaban J connectivity index is 1.82. The van der Waals surface area contributed by atoms with Crippen LogP contribution in [0.1, 0.15) is 32.0 Å². The van der Waals surface area contributed by atoms with Gasteiger partial charge in [0, 0.05) is 19.2 Å². The maximum Gasteiger partial charge on any atom is 0.211 e. The van der Waals surface area contributed by atoms with Crippen molar-refractivity contribution in [2.45, 2.75) is 32.6 Å². The molecule has 2 rings (SSSR count). The van der Waals surface area contributed by atoms with Crippen molar-refractivity contribution in [2.75, 3.05) is 12.3 Å². The average Bonchev–Trinajstić information content (AvgIpc) is 2.85. The highest BCUT2D eigenvalue weighted by atomic mass is 32.2. The molecule has 0 radical (unpaired) electrons. The van der Waals surface area contributed by atoms with Gasteiger partial charge in [0.1, 0.15) is 5.82 Å². The van der Waals surface area contributed by atoms with Crippen molar-refractivity contribution in [3.05, 3.63) is 36.4 Å². The lowest BCUT2D eigenvalue weighted by Gasteiger charge is -2.05. The summed E-state index contributed by atoms with van der Waals surface area (Å²) in [5.74, 6) is 1.18. The molecule has 0 atom stereocenters. The first-order valence-electron chi connectivity index (χ1n) is 7.00. The lowest BCUT2D eigenvalue weighted by atomic mass is 10.3. The summed E-state index contributed by atoms with van der Waals surface area (Å²) in [6, 6.07) is 5.94. The number of aromatic nitrogens is 2. The number of nitrogens with zero attached hydrogens (tertiary/aromatic N) is 2. The van der Waals surface area contributed by atoms with Crippen molar-refractivity contribution in [2.24, 2.45) is 0 Å². The van der Waals surface area contributed by atoms with E-state index in [1.807, 2.05) is 41.9 Å². The summed E-state index contributed by atoms with van der Waals surface area (Å²) in [7, 11) is -3.10. The summed E-state index contributed by atoms with van der Waals surface area (Å²) in [6.45, 7) is 2.45. The van der Waals surface area contributed by atoms with Gasteiger partial charge in [-0.15, -0.1) is 0 Å². The molecule has 20 heavy (non-hydrogen) atoms. The fraction of sp³-hybridized carbons (Fsp3) is 0.500. The van der Waals surface area contributed by atoms with Crippen LogP contribution in [0.4, 0.5) is 0 Å². The summed E-state index contributed by atoms with van der Waals surface area (Å²) in [6.07, 6.45) is 6.92. The number of pyridine rings is 1. The van der Waals surface area contributed by atoms with E-state index >= 15 is 0 Å². The zero-order valence-corrected chi connectivity index (χ0v) is 12.6. The van der Waals surface area contributed by atoms with Gasteiger partial charge in [-0.05, 0) is 25.0 Å². The number of hydrogen-bond donors (Lipinski definition) is 1. The summed E-state index contributed by atoms with van der Waals surface area (Å²) >= 11 is 0. The highest BCUT2D eigenvalue weighted by Gasteiger charge is 2.08. The molecule has 2 heterocycles. The Bertz CT molecular complexity index is 649. The average molecular weight is 295 g/mol. The second-order valence-electron chi connectivity index (χ2n) is 4.84. The van der Waals surface area contributed by atoms with Crippen LogP contribution in [0.15, 0.2) is 30.6 Å². The van der Waals surface area contributed by atoms with Crippen LogP contribution >= 0.6 is 0 Å². The molecule has 1 N–H and O–H groups in total. The Morgan fingerprint density at radius 3 is 2.95 bits per heavy atom. The van der Waals surface area contributed by atoms with Crippen LogP contribution in [0, 0.1) is 0 Å². The minimum atomic E-state index is -3.10. The van der Waals surface area contributed by atoms with Crippen molar-refractivity contribution >= 4 is 15.5 Å². The van der Waals surface area contributed by atoms with Gasteiger partial charge in [-0.1, -0.05) is 19.4 Å². The van der Waals surface area contributed by atoms with Crippen molar-refractivity contribution < 1.29 is 8.42 Å². The lowest BCUT2D eigenvalue weighted by molar-refractivity contribution is 0.575. The van der Waals surface area contributed by atoms with Gasteiger partial charge < -0.3 is 4.40 Å². The van der Waals surface area contributed by atoms with E-state index < -0.39 is 10.0 Å². The van der Waals surface area contributed by atoms with E-state index in [1.54, 1.807) is 0 Å². The fourth-order valence-electron chi connectivity index (χ4n) is 2.07. The number of rotatable bonds is 8. The molecule has 0 aliphatic heterocycles. The maximum absolute atomic E-state index is 11.6. The first-order chi connectivity index (χ1) is 9.62. The van der Waals surface area contributed by atoms with Gasteiger partial charge in [0.25, 0.3) is 0 Å². The zero-order chi connectivity index (χ0) is 14.4. The maximum atomic E-state index is 11.6. The number of aryl methyl sites for hydroxylation is 1. The second kappa shape index (κ2) is 6.85. The molecule has 0 spiro atoms. The van der Waals surface area contributed by atoms with Crippen LogP contribution in [0.5, 0.6) is 0 Å². The number of hydrogen-bond acceptors (Lipinski definition) is 3. The van der Waals surface area contributed by atoms with Gasteiger partial charge in [-0.2, -0.15) is 0 Å².